The fourth-order valence-corrected chi connectivity index (χ4v) is 3.82. The summed E-state index contributed by atoms with van der Waals surface area (Å²) < 4.78 is 1.72. The van der Waals surface area contributed by atoms with Crippen LogP contribution in [0.25, 0.3) is 21.6 Å². The van der Waals surface area contributed by atoms with Gasteiger partial charge in [0.2, 0.25) is 10.9 Å². The van der Waals surface area contributed by atoms with Crippen LogP contribution < -0.4 is 10.6 Å². The number of thiocarbonyl (C=S) groups is 1. The summed E-state index contributed by atoms with van der Waals surface area (Å²) in [5.41, 5.74) is 2.57. The van der Waals surface area contributed by atoms with Crippen molar-refractivity contribution in [2.75, 3.05) is 5.32 Å². The lowest BCUT2D eigenvalue weighted by Gasteiger charge is -2.08. The topological polar surface area (TPSA) is 84.2 Å². The van der Waals surface area contributed by atoms with Crippen LogP contribution in [0.4, 0.5) is 5.69 Å². The van der Waals surface area contributed by atoms with E-state index in [4.69, 9.17) is 23.8 Å². The second kappa shape index (κ2) is 8.70. The number of carbonyl (C=O) groups excluding carboxylic acids is 1. The number of anilines is 1. The Bertz CT molecular complexity index is 1240. The summed E-state index contributed by atoms with van der Waals surface area (Å²) in [4.78, 5) is 12.8. The molecule has 30 heavy (non-hydrogen) atoms. The summed E-state index contributed by atoms with van der Waals surface area (Å²) in [6.07, 6.45) is 3.10. The summed E-state index contributed by atoms with van der Waals surface area (Å²) >= 11 is 12.5. The first-order chi connectivity index (χ1) is 14.5. The van der Waals surface area contributed by atoms with Crippen LogP contribution >= 0.6 is 35.2 Å². The highest BCUT2D eigenvalue weighted by Crippen LogP contribution is 2.26. The Balaban J connectivity index is 1.35. The molecule has 0 atom stereocenters. The van der Waals surface area contributed by atoms with Crippen LogP contribution in [0, 0.1) is 6.92 Å². The number of aromatic nitrogens is 4. The quantitative estimate of drug-likeness (QED) is 0.352. The molecule has 1 amide bonds. The van der Waals surface area contributed by atoms with Crippen molar-refractivity contribution in [3.8, 4) is 10.6 Å². The molecule has 2 N–H and O–H groups in total. The zero-order valence-corrected chi connectivity index (χ0v) is 18.1. The third-order valence-electron chi connectivity index (χ3n) is 4.07. The van der Waals surface area contributed by atoms with Crippen molar-refractivity contribution in [1.82, 2.24) is 25.1 Å². The normalized spacial score (nSPS) is 11.1. The van der Waals surface area contributed by atoms with Crippen LogP contribution in [0.5, 0.6) is 0 Å². The average molecular weight is 455 g/mol. The number of halogens is 1. The molecule has 10 heteroatoms. The second-order valence-electron chi connectivity index (χ2n) is 6.25. The van der Waals surface area contributed by atoms with Crippen LogP contribution in [0.2, 0.25) is 5.02 Å². The number of benzene rings is 2. The molecule has 0 saturated heterocycles. The first-order valence-corrected chi connectivity index (χ1v) is 10.4. The third kappa shape index (κ3) is 4.70. The van der Waals surface area contributed by atoms with E-state index >= 15 is 0 Å². The number of hydrogen-bond donors (Lipinski definition) is 2. The van der Waals surface area contributed by atoms with E-state index in [1.165, 1.54) is 17.4 Å². The predicted molar refractivity (Wildman–Crippen MR) is 124 cm³/mol. The molecule has 2 heterocycles. The number of carbonyl (C=O) groups is 1. The molecule has 0 aliphatic carbocycles. The maximum Gasteiger partial charge on any atom is 0.250 e. The minimum atomic E-state index is -0.325. The molecule has 0 aliphatic rings. The van der Waals surface area contributed by atoms with Crippen molar-refractivity contribution < 1.29 is 4.79 Å². The van der Waals surface area contributed by atoms with Gasteiger partial charge in [0.1, 0.15) is 5.01 Å². The van der Waals surface area contributed by atoms with E-state index < -0.39 is 0 Å². The molecule has 2 aromatic heterocycles. The Morgan fingerprint density at radius 3 is 2.57 bits per heavy atom. The molecule has 0 radical (unpaired) electrons. The average Bonchev–Trinajstić information content (AvgIpc) is 3.30. The molecule has 0 bridgehead atoms. The minimum Gasteiger partial charge on any atom is -0.332 e. The molecular formula is C20H15ClN6OS2. The Morgan fingerprint density at radius 1 is 1.13 bits per heavy atom. The second-order valence-corrected chi connectivity index (χ2v) is 8.06. The Morgan fingerprint density at radius 2 is 1.87 bits per heavy atom. The van der Waals surface area contributed by atoms with E-state index in [1.54, 1.807) is 22.7 Å². The number of fused-ring (bicyclic) bond motifs is 1. The molecule has 150 valence electrons. The van der Waals surface area contributed by atoms with Crippen molar-refractivity contribution in [1.29, 1.82) is 0 Å². The number of amides is 1. The van der Waals surface area contributed by atoms with Crippen LogP contribution in [-0.2, 0) is 4.79 Å². The van der Waals surface area contributed by atoms with Gasteiger partial charge >= 0.3 is 0 Å². The van der Waals surface area contributed by atoms with E-state index in [1.807, 2.05) is 43.3 Å². The Kier molecular flexibility index (Phi) is 5.84. The van der Waals surface area contributed by atoms with Gasteiger partial charge in [-0.25, -0.2) is 0 Å². The smallest absolute Gasteiger partial charge is 0.250 e. The Hall–Kier alpha value is -3.14. The monoisotopic (exact) mass is 454 g/mol. The number of aryl methyl sites for hydroxylation is 1. The zero-order valence-electron chi connectivity index (χ0n) is 15.7. The summed E-state index contributed by atoms with van der Waals surface area (Å²) in [6.45, 7) is 1.86. The van der Waals surface area contributed by atoms with E-state index in [9.17, 15) is 4.79 Å². The maximum absolute atomic E-state index is 12.0. The molecule has 4 rings (SSSR count). The molecule has 0 aliphatic heterocycles. The minimum absolute atomic E-state index is 0.211. The van der Waals surface area contributed by atoms with Gasteiger partial charge in [0.15, 0.2) is 10.9 Å². The van der Waals surface area contributed by atoms with E-state index in [-0.39, 0.29) is 11.0 Å². The van der Waals surface area contributed by atoms with Crippen molar-refractivity contribution >= 4 is 62.9 Å². The molecule has 0 saturated carbocycles. The fourth-order valence-electron chi connectivity index (χ4n) is 2.59. The highest BCUT2D eigenvalue weighted by atomic mass is 35.5. The molecular weight excluding hydrogens is 440 g/mol. The SMILES string of the molecule is Cc1nnc2sc(-c3ccc(NC(=S)NC(=O)/C=C/c4ccc(Cl)cc4)cc3)nn12. The summed E-state index contributed by atoms with van der Waals surface area (Å²) in [5, 5.41) is 19.9. The fraction of sp³-hybridized carbons (Fsp3) is 0.0500. The molecule has 2 aromatic carbocycles. The van der Waals surface area contributed by atoms with Crippen LogP contribution in [0.1, 0.15) is 11.4 Å². The summed E-state index contributed by atoms with van der Waals surface area (Å²) in [5.74, 6) is 0.422. The predicted octanol–water partition coefficient (Wildman–Crippen LogP) is 4.34. The van der Waals surface area contributed by atoms with Gasteiger partial charge in [-0.2, -0.15) is 9.61 Å². The van der Waals surface area contributed by atoms with Gasteiger partial charge < -0.3 is 5.32 Å². The highest BCUT2D eigenvalue weighted by molar-refractivity contribution is 7.80. The van der Waals surface area contributed by atoms with Gasteiger partial charge in [-0.15, -0.1) is 10.2 Å². The van der Waals surface area contributed by atoms with E-state index in [2.05, 4.69) is 25.9 Å². The zero-order chi connectivity index (χ0) is 21.1. The first-order valence-electron chi connectivity index (χ1n) is 8.83. The molecule has 0 spiro atoms. The third-order valence-corrected chi connectivity index (χ3v) is 5.47. The van der Waals surface area contributed by atoms with Crippen LogP contribution in [0.15, 0.2) is 54.6 Å². The van der Waals surface area contributed by atoms with Gasteiger partial charge in [-0.1, -0.05) is 35.1 Å². The van der Waals surface area contributed by atoms with Crippen molar-refractivity contribution in [2.45, 2.75) is 6.92 Å². The standard InChI is InChI=1S/C20H15ClN6OS2/c1-12-24-25-20-27(12)26-18(30-20)14-5-9-16(10-6-14)22-19(29)23-17(28)11-4-13-2-7-15(21)8-3-13/h2-11H,1H3,(H2,22,23,28,29)/b11-4+. The molecule has 4 aromatic rings. The summed E-state index contributed by atoms with van der Waals surface area (Å²) in [7, 11) is 0. The van der Waals surface area contributed by atoms with Gasteiger partial charge in [0.25, 0.3) is 0 Å². The maximum atomic E-state index is 12.0. The molecule has 0 unspecified atom stereocenters. The van der Waals surface area contributed by atoms with Crippen molar-refractivity contribution in [3.63, 3.8) is 0 Å². The van der Waals surface area contributed by atoms with Gasteiger partial charge in [-0.05, 0) is 67.2 Å². The van der Waals surface area contributed by atoms with Crippen LogP contribution in [-0.4, -0.2) is 30.8 Å². The highest BCUT2D eigenvalue weighted by Gasteiger charge is 2.10. The van der Waals surface area contributed by atoms with E-state index in [0.717, 1.165) is 32.6 Å². The number of rotatable bonds is 4. The van der Waals surface area contributed by atoms with Crippen molar-refractivity contribution in [3.05, 3.63) is 71.0 Å². The van der Waals surface area contributed by atoms with Gasteiger partial charge in [0.05, 0.1) is 0 Å². The van der Waals surface area contributed by atoms with Gasteiger partial charge in [0, 0.05) is 22.3 Å². The van der Waals surface area contributed by atoms with Crippen LogP contribution in [0.3, 0.4) is 0 Å². The van der Waals surface area contributed by atoms with Crippen molar-refractivity contribution in [2.24, 2.45) is 0 Å². The molecule has 0 fully saturated rings. The van der Waals surface area contributed by atoms with E-state index in [0.29, 0.717) is 5.02 Å². The lowest BCUT2D eigenvalue weighted by atomic mass is 10.2. The molecule has 7 nitrogen and oxygen atoms in total. The number of nitrogens with one attached hydrogen (secondary N) is 2. The summed E-state index contributed by atoms with van der Waals surface area (Å²) in [6, 6.07) is 14.7. The number of nitrogens with zero attached hydrogens (tertiary/aromatic N) is 4. The lowest BCUT2D eigenvalue weighted by molar-refractivity contribution is -0.115. The number of hydrogen-bond acceptors (Lipinski definition) is 6. The Labute approximate surface area is 186 Å². The first kappa shape index (κ1) is 20.1. The lowest BCUT2D eigenvalue weighted by Crippen LogP contribution is -2.32. The largest absolute Gasteiger partial charge is 0.332 e. The van der Waals surface area contributed by atoms with Gasteiger partial charge in [-0.3, -0.25) is 10.1 Å².